The second kappa shape index (κ2) is 16.7. The molecule has 0 aromatic carbocycles. The summed E-state index contributed by atoms with van der Waals surface area (Å²) in [6, 6.07) is 3.96. The summed E-state index contributed by atoms with van der Waals surface area (Å²) in [5.41, 5.74) is 7.91. The number of nitrogens with one attached hydrogen (secondary N) is 5. The molecule has 0 fully saturated rings. The number of rotatable bonds is 16. The average Bonchev–Trinajstić information content (AvgIpc) is 3.68. The van der Waals surface area contributed by atoms with Crippen molar-refractivity contribution >= 4 is 59.2 Å². The largest absolute Gasteiger partial charge is 0.355 e. The third-order valence-electron chi connectivity index (χ3n) is 6.92. The predicted molar refractivity (Wildman–Crippen MR) is 180 cm³/mol. The number of nitrogens with two attached hydrogens (primary N) is 1. The Kier molecular flexibility index (Phi) is 13.0. The smallest absolute Gasteiger partial charge is 0.272 e. The van der Waals surface area contributed by atoms with E-state index in [1.807, 2.05) is 19.0 Å². The Balaban J connectivity index is 1.76. The Labute approximate surface area is 273 Å². The number of hydrogen-bond acceptors (Lipinski definition) is 8. The van der Waals surface area contributed by atoms with Gasteiger partial charge in [-0.2, -0.15) is 12.6 Å². The van der Waals surface area contributed by atoms with Crippen LogP contribution < -0.4 is 32.3 Å². The molecular weight excluding hydrogens is 612 g/mol. The summed E-state index contributed by atoms with van der Waals surface area (Å²) in [6.07, 6.45) is 6.16. The summed E-state index contributed by atoms with van der Waals surface area (Å²) in [5, 5.41) is 13.9. The Morgan fingerprint density at radius 3 is 1.89 bits per heavy atom. The lowest BCUT2D eigenvalue weighted by Crippen LogP contribution is -2.42. The normalized spacial score (nSPS) is 11.7. The van der Waals surface area contributed by atoms with Gasteiger partial charge in [0.2, 0.25) is 11.8 Å². The number of nitrogens with zero attached hydrogens (tertiary/aromatic N) is 4. The van der Waals surface area contributed by atoms with Gasteiger partial charge in [-0.15, -0.1) is 0 Å². The molecule has 3 aromatic rings. The van der Waals surface area contributed by atoms with Crippen LogP contribution in [0.2, 0.25) is 0 Å². The topological polar surface area (TPSA) is 190 Å². The van der Waals surface area contributed by atoms with Crippen LogP contribution in [0.15, 0.2) is 36.8 Å². The van der Waals surface area contributed by atoms with Gasteiger partial charge in [-0.25, -0.2) is 0 Å². The van der Waals surface area contributed by atoms with Crippen LogP contribution in [0.4, 0.5) is 17.1 Å². The first-order chi connectivity index (χ1) is 21.8. The molecule has 1 atom stereocenters. The molecule has 7 N–H and O–H groups in total. The van der Waals surface area contributed by atoms with E-state index in [1.54, 1.807) is 64.6 Å². The maximum absolute atomic E-state index is 13.5. The van der Waals surface area contributed by atoms with Gasteiger partial charge in [0.1, 0.15) is 17.1 Å². The molecule has 0 saturated heterocycles. The molecule has 0 aliphatic rings. The second-order valence-corrected chi connectivity index (χ2v) is 11.6. The maximum atomic E-state index is 13.5. The summed E-state index contributed by atoms with van der Waals surface area (Å²) in [6.45, 7) is 3.38. The van der Waals surface area contributed by atoms with E-state index in [9.17, 15) is 24.0 Å². The lowest BCUT2D eigenvalue weighted by Gasteiger charge is -2.11. The van der Waals surface area contributed by atoms with E-state index in [0.717, 1.165) is 13.0 Å². The number of amides is 5. The fourth-order valence-corrected chi connectivity index (χ4v) is 4.79. The fraction of sp³-hybridized carbons (Fsp3) is 0.433. The van der Waals surface area contributed by atoms with Gasteiger partial charge in [0.05, 0.1) is 23.1 Å². The minimum Gasteiger partial charge on any atom is -0.355 e. The molecule has 0 bridgehead atoms. The zero-order valence-corrected chi connectivity index (χ0v) is 27.7. The van der Waals surface area contributed by atoms with Crippen LogP contribution in [0.1, 0.15) is 51.2 Å². The highest BCUT2D eigenvalue weighted by Crippen LogP contribution is 2.21. The third-order valence-corrected chi connectivity index (χ3v) is 7.31. The van der Waals surface area contributed by atoms with Gasteiger partial charge in [-0.3, -0.25) is 24.0 Å². The summed E-state index contributed by atoms with van der Waals surface area (Å²) in [4.78, 5) is 64.8. The predicted octanol–water partition coefficient (Wildman–Crippen LogP) is 1.07. The minimum absolute atomic E-state index is 0.212. The highest BCUT2D eigenvalue weighted by Gasteiger charge is 2.20. The average molecular weight is 657 g/mol. The molecular formula is C30H44N10O5S. The Hall–Kier alpha value is -4.54. The van der Waals surface area contributed by atoms with Crippen LogP contribution in [0, 0.1) is 0 Å². The van der Waals surface area contributed by atoms with Crippen molar-refractivity contribution in [2.24, 2.45) is 19.8 Å². The van der Waals surface area contributed by atoms with Crippen molar-refractivity contribution in [2.75, 3.05) is 55.4 Å². The van der Waals surface area contributed by atoms with E-state index >= 15 is 0 Å². The third kappa shape index (κ3) is 10.3. The molecule has 0 aliphatic carbocycles. The Morgan fingerprint density at radius 2 is 1.30 bits per heavy atom. The van der Waals surface area contributed by atoms with Crippen LogP contribution in [-0.4, -0.2) is 93.7 Å². The van der Waals surface area contributed by atoms with E-state index < -0.39 is 17.9 Å². The highest BCUT2D eigenvalue weighted by atomic mass is 32.1. The van der Waals surface area contributed by atoms with Gasteiger partial charge < -0.3 is 50.9 Å². The monoisotopic (exact) mass is 656 g/mol. The number of hydrogen-bond donors (Lipinski definition) is 7. The fourth-order valence-electron chi connectivity index (χ4n) is 4.63. The lowest BCUT2D eigenvalue weighted by atomic mass is 10.3. The Bertz CT molecular complexity index is 1560. The van der Waals surface area contributed by atoms with Crippen LogP contribution in [-0.2, 0) is 30.2 Å². The number of aryl methyl sites for hydroxylation is 3. The summed E-state index contributed by atoms with van der Waals surface area (Å²) in [5.74, 6) is -1.53. The van der Waals surface area contributed by atoms with Crippen molar-refractivity contribution < 1.29 is 24.0 Å². The standard InChI is InChI=1S/C30H44N10O5S/c1-19(41)34-20-12-25(39(5)15-20)29(44)36-22-14-26(40(17-22)11-7-9-32-27(42)23(31)18-46)30(45)35-21-13-24(38(4)16-21)28(43)33-8-6-10-37(2)3/h12-17,23,46H,6-11,18,31H2,1-5H3,(H,32,42)(H,33,43)(H,34,41)(H,35,45)(H,36,44)/t23-/m0/s1. The number of carbonyl (C=O) groups excluding carboxylic acids is 5. The molecule has 3 heterocycles. The zero-order chi connectivity index (χ0) is 34.0. The first-order valence-corrected chi connectivity index (χ1v) is 15.4. The van der Waals surface area contributed by atoms with E-state index in [-0.39, 0.29) is 29.2 Å². The number of thiol groups is 1. The zero-order valence-electron chi connectivity index (χ0n) is 26.8. The van der Waals surface area contributed by atoms with E-state index in [4.69, 9.17) is 5.73 Å². The molecule has 3 aromatic heterocycles. The molecule has 5 amide bonds. The second-order valence-electron chi connectivity index (χ2n) is 11.2. The molecule has 15 nitrogen and oxygen atoms in total. The number of carbonyl (C=O) groups is 5. The lowest BCUT2D eigenvalue weighted by molar-refractivity contribution is -0.121. The Morgan fingerprint density at radius 1 is 0.783 bits per heavy atom. The van der Waals surface area contributed by atoms with Crippen molar-refractivity contribution in [3.8, 4) is 0 Å². The van der Waals surface area contributed by atoms with Crippen molar-refractivity contribution in [1.82, 2.24) is 29.2 Å². The van der Waals surface area contributed by atoms with E-state index in [0.29, 0.717) is 54.5 Å². The van der Waals surface area contributed by atoms with Crippen LogP contribution >= 0.6 is 12.6 Å². The van der Waals surface area contributed by atoms with Crippen LogP contribution in [0.5, 0.6) is 0 Å². The van der Waals surface area contributed by atoms with Gasteiger partial charge >= 0.3 is 0 Å². The maximum Gasteiger partial charge on any atom is 0.272 e. The van der Waals surface area contributed by atoms with Crippen molar-refractivity contribution in [1.29, 1.82) is 0 Å². The molecule has 0 radical (unpaired) electrons. The molecule has 250 valence electrons. The molecule has 0 unspecified atom stereocenters. The molecule has 3 rings (SSSR count). The van der Waals surface area contributed by atoms with Crippen LogP contribution in [0.25, 0.3) is 0 Å². The van der Waals surface area contributed by atoms with E-state index in [2.05, 4.69) is 39.2 Å². The first-order valence-electron chi connectivity index (χ1n) is 14.8. The minimum atomic E-state index is -0.724. The van der Waals surface area contributed by atoms with Gasteiger partial charge in [-0.05, 0) is 51.7 Å². The first kappa shape index (κ1) is 35.9. The number of aromatic nitrogens is 3. The molecule has 0 aliphatic heterocycles. The van der Waals surface area contributed by atoms with Crippen molar-refractivity contribution in [2.45, 2.75) is 32.4 Å². The van der Waals surface area contributed by atoms with Gasteiger partial charge in [0, 0.05) is 65.0 Å². The highest BCUT2D eigenvalue weighted by molar-refractivity contribution is 7.80. The summed E-state index contributed by atoms with van der Waals surface area (Å²) in [7, 11) is 7.33. The van der Waals surface area contributed by atoms with Gasteiger partial charge in [0.25, 0.3) is 17.7 Å². The van der Waals surface area contributed by atoms with Crippen molar-refractivity contribution in [3.63, 3.8) is 0 Å². The van der Waals surface area contributed by atoms with E-state index in [1.165, 1.54) is 6.92 Å². The molecule has 16 heteroatoms. The van der Waals surface area contributed by atoms with Crippen molar-refractivity contribution in [3.05, 3.63) is 53.9 Å². The quantitative estimate of drug-likeness (QED) is 0.0887. The van der Waals surface area contributed by atoms with Gasteiger partial charge in [0.15, 0.2) is 0 Å². The molecule has 0 spiro atoms. The SMILES string of the molecule is CC(=O)Nc1cc(C(=O)Nc2cc(C(=O)Nc3cc(C(=O)NCCCN(C)C)n(C)c3)n(CCCNC(=O)[C@@H](N)CS)c2)n(C)c1. The molecule has 46 heavy (non-hydrogen) atoms. The molecule has 0 saturated carbocycles. The summed E-state index contributed by atoms with van der Waals surface area (Å²) >= 11 is 4.04. The summed E-state index contributed by atoms with van der Waals surface area (Å²) < 4.78 is 4.88. The van der Waals surface area contributed by atoms with Crippen LogP contribution in [0.3, 0.4) is 0 Å². The number of anilines is 3. The van der Waals surface area contributed by atoms with Gasteiger partial charge in [-0.1, -0.05) is 0 Å².